The number of rotatable bonds is 8. The zero-order valence-electron chi connectivity index (χ0n) is 67.1. The molecule has 0 atom stereocenters. The lowest BCUT2D eigenvalue weighted by Gasteiger charge is -2.16. The minimum Gasteiger partial charge on any atom is -0.455 e. The van der Waals surface area contributed by atoms with E-state index in [-0.39, 0.29) is 0 Å². The fourth-order valence-corrected chi connectivity index (χ4v) is 18.9. The van der Waals surface area contributed by atoms with Gasteiger partial charge in [-0.1, -0.05) is 388 Å². The number of furan rings is 3. The van der Waals surface area contributed by atoms with E-state index < -0.39 is 0 Å². The zero-order valence-corrected chi connectivity index (χ0v) is 67.1. The van der Waals surface area contributed by atoms with Crippen LogP contribution in [0.1, 0.15) is 5.69 Å². The molecule has 578 valence electrons. The van der Waals surface area contributed by atoms with Gasteiger partial charge >= 0.3 is 0 Å². The van der Waals surface area contributed by atoms with Gasteiger partial charge in [-0.15, -0.1) is 0 Å². The molecule has 0 saturated carbocycles. The largest absolute Gasteiger partial charge is 0.455 e. The molecular weight excluding hydrogens is 1510 g/mol. The maximum Gasteiger partial charge on any atom is 0.143 e. The van der Waals surface area contributed by atoms with Crippen LogP contribution in [-0.4, -0.2) is 29.9 Å². The van der Waals surface area contributed by atoms with Gasteiger partial charge in [0.1, 0.15) is 33.5 Å². The van der Waals surface area contributed by atoms with Crippen LogP contribution in [0.3, 0.4) is 0 Å². The van der Waals surface area contributed by atoms with Gasteiger partial charge in [0.25, 0.3) is 0 Å². The van der Waals surface area contributed by atoms with E-state index in [1.165, 1.54) is 32.3 Å². The van der Waals surface area contributed by atoms with E-state index in [2.05, 4.69) is 365 Å². The average Bonchev–Trinajstić information content (AvgIpc) is 1.40. The van der Waals surface area contributed by atoms with Crippen LogP contribution in [0.2, 0.25) is 0 Å². The molecule has 20 aromatic carbocycles. The Labute approximate surface area is 710 Å². The molecular formula is C115H70N6O3. The van der Waals surface area contributed by atoms with E-state index >= 15 is 0 Å². The Bertz CT molecular complexity index is 8840. The maximum atomic E-state index is 6.48. The summed E-state index contributed by atoms with van der Waals surface area (Å²) in [6.07, 6.45) is 0. The van der Waals surface area contributed by atoms with E-state index in [1.54, 1.807) is 0 Å². The topological polar surface area (TPSA) is 117 Å². The maximum absolute atomic E-state index is 6.48. The van der Waals surface area contributed by atoms with Crippen molar-refractivity contribution in [3.63, 3.8) is 0 Å². The predicted molar refractivity (Wildman–Crippen MR) is 514 cm³/mol. The Kier molecular flexibility index (Phi) is 17.0. The van der Waals surface area contributed by atoms with Crippen molar-refractivity contribution in [2.75, 3.05) is 0 Å². The highest BCUT2D eigenvalue weighted by Crippen LogP contribution is 2.48. The Morgan fingerprint density at radius 2 is 0.371 bits per heavy atom. The molecule has 0 N–H and O–H groups in total. The Hall–Kier alpha value is -16.6. The monoisotopic (exact) mass is 1580 g/mol. The Morgan fingerprint density at radius 1 is 0.145 bits per heavy atom. The fourth-order valence-electron chi connectivity index (χ4n) is 18.9. The number of hydrogen-bond acceptors (Lipinski definition) is 9. The number of aryl methyl sites for hydroxylation is 1. The number of hydrogen-bond donors (Lipinski definition) is 0. The zero-order chi connectivity index (χ0) is 81.9. The van der Waals surface area contributed by atoms with Gasteiger partial charge < -0.3 is 13.3 Å². The summed E-state index contributed by atoms with van der Waals surface area (Å²) in [5.41, 5.74) is 27.7. The fraction of sp³-hybridized carbons (Fsp3) is 0.00870. The minimum absolute atomic E-state index is 0.850. The van der Waals surface area contributed by atoms with Crippen molar-refractivity contribution < 1.29 is 13.3 Å². The summed E-state index contributed by atoms with van der Waals surface area (Å²) in [5, 5.41) is 20.5. The summed E-state index contributed by atoms with van der Waals surface area (Å²) in [5.74, 6) is 0. The van der Waals surface area contributed by atoms with E-state index in [0.717, 1.165) is 227 Å². The standard InChI is InChI=1S/2C40H24N2O.C35H22N2O/c1-2-13-25(14-3-1)36-37(42-39-31-20-8-5-16-27(31)26-15-4-7-19-30(26)38(39)41-36)32-21-9-6-17-28(32)33-22-12-23-34-29-18-10-11-24-35(29)43-40(33)34;1-2-11-26(12-3-1)36-37(42-39-33-17-7-5-14-30(33)29-13-4-6-16-32(29)38(39)41-36)27-23-21-25(22-24-27)28-18-10-19-34-31-15-8-9-20-35(31)43-40(28)34;1-21-32(37-34-28-17-7-3-12-23(28)22-11-2-6-16-27(22)33(34)36-21)26-15-5-4-13-24(26)29-18-10-19-30-25-14-8-9-20-31(25)38-35(29)30/h2*1-24H;2-20H,1H3. The van der Waals surface area contributed by atoms with Gasteiger partial charge in [-0.25, -0.2) is 29.9 Å². The van der Waals surface area contributed by atoms with Gasteiger partial charge in [0.05, 0.1) is 67.3 Å². The third-order valence-corrected chi connectivity index (χ3v) is 24.5. The summed E-state index contributed by atoms with van der Waals surface area (Å²) in [6.45, 7) is 2.06. The molecule has 0 bridgehead atoms. The minimum atomic E-state index is 0.850. The van der Waals surface area contributed by atoms with Gasteiger partial charge in [-0.2, -0.15) is 0 Å². The molecule has 9 heteroatoms. The molecule has 0 aliphatic rings. The molecule has 0 unspecified atom stereocenters. The van der Waals surface area contributed by atoms with E-state index in [9.17, 15) is 0 Å². The van der Waals surface area contributed by atoms with E-state index in [0.29, 0.717) is 0 Å². The summed E-state index contributed by atoms with van der Waals surface area (Å²) in [6, 6.07) is 141. The second kappa shape index (κ2) is 29.4. The number of aromatic nitrogens is 6. The lowest BCUT2D eigenvalue weighted by Crippen LogP contribution is -1.98. The molecule has 0 spiro atoms. The average molecular weight is 1580 g/mol. The van der Waals surface area contributed by atoms with Crippen LogP contribution in [0.25, 0.3) is 253 Å². The SMILES string of the molecule is Cc1nc2c3ccccc3c3ccccc3c2nc1-c1ccccc1-c1cccc2c1oc1ccccc12.c1ccc(-c2nc3c4ccccc4c4ccccc4c3nc2-c2ccc(-c3cccc4c3oc3ccccc34)cc2)cc1.c1ccc(-c2nc3c4ccccc4c4ccccc4c3nc2-c2ccccc2-c2cccc3c2oc2ccccc23)cc1. The van der Waals surface area contributed by atoms with Crippen molar-refractivity contribution in [1.29, 1.82) is 0 Å². The van der Waals surface area contributed by atoms with Gasteiger partial charge in [0.15, 0.2) is 0 Å². The van der Waals surface area contributed by atoms with Crippen molar-refractivity contribution in [3.8, 4) is 89.7 Å². The number of benzene rings is 20. The van der Waals surface area contributed by atoms with Crippen molar-refractivity contribution in [1.82, 2.24) is 29.9 Å². The molecule has 0 amide bonds. The number of fused-ring (bicyclic) bond motifs is 27. The van der Waals surface area contributed by atoms with Gasteiger partial charge in [-0.3, -0.25) is 0 Å². The third kappa shape index (κ3) is 11.8. The van der Waals surface area contributed by atoms with Crippen LogP contribution in [0.5, 0.6) is 0 Å². The predicted octanol–water partition coefficient (Wildman–Crippen LogP) is 31.2. The first-order valence-corrected chi connectivity index (χ1v) is 41.9. The lowest BCUT2D eigenvalue weighted by molar-refractivity contribution is 0.669. The van der Waals surface area contributed by atoms with Crippen LogP contribution in [0.4, 0.5) is 0 Å². The second-order valence-electron chi connectivity index (χ2n) is 31.6. The normalized spacial score (nSPS) is 11.8. The molecule has 124 heavy (non-hydrogen) atoms. The van der Waals surface area contributed by atoms with Crippen LogP contribution >= 0.6 is 0 Å². The van der Waals surface area contributed by atoms with E-state index in [1.807, 2.05) is 48.5 Å². The highest BCUT2D eigenvalue weighted by molar-refractivity contribution is 6.27. The molecule has 26 rings (SSSR count). The molecule has 0 fully saturated rings. The van der Waals surface area contributed by atoms with Crippen molar-refractivity contribution >= 4 is 164 Å². The van der Waals surface area contributed by atoms with Crippen molar-refractivity contribution in [2.45, 2.75) is 6.92 Å². The smallest absolute Gasteiger partial charge is 0.143 e. The summed E-state index contributed by atoms with van der Waals surface area (Å²) < 4.78 is 19.2. The highest BCUT2D eigenvalue weighted by Gasteiger charge is 2.26. The molecule has 6 heterocycles. The molecule has 26 aromatic rings. The van der Waals surface area contributed by atoms with Crippen molar-refractivity contribution in [2.24, 2.45) is 0 Å². The van der Waals surface area contributed by atoms with Crippen LogP contribution < -0.4 is 0 Å². The Morgan fingerprint density at radius 3 is 0.734 bits per heavy atom. The summed E-state index contributed by atoms with van der Waals surface area (Å²) >= 11 is 0. The molecule has 0 radical (unpaired) electrons. The highest BCUT2D eigenvalue weighted by atomic mass is 16.3. The second-order valence-corrected chi connectivity index (χ2v) is 31.6. The first-order valence-electron chi connectivity index (χ1n) is 41.9. The molecule has 0 aliphatic carbocycles. The number of nitrogens with zero attached hydrogens (tertiary/aromatic N) is 6. The Balaban J connectivity index is 0.000000105. The lowest BCUT2D eigenvalue weighted by atomic mass is 9.93. The first kappa shape index (κ1) is 71.5. The van der Waals surface area contributed by atoms with Crippen molar-refractivity contribution in [3.05, 3.63) is 412 Å². The van der Waals surface area contributed by atoms with E-state index in [4.69, 9.17) is 43.2 Å². The van der Waals surface area contributed by atoms with Crippen LogP contribution in [0, 0.1) is 6.92 Å². The van der Waals surface area contributed by atoms with Gasteiger partial charge in [0.2, 0.25) is 0 Å². The summed E-state index contributed by atoms with van der Waals surface area (Å²) in [4.78, 5) is 32.2. The first-order chi connectivity index (χ1) is 61.5. The van der Waals surface area contributed by atoms with Gasteiger partial charge in [-0.05, 0) is 74.1 Å². The van der Waals surface area contributed by atoms with Crippen LogP contribution in [0.15, 0.2) is 420 Å². The van der Waals surface area contributed by atoms with Crippen LogP contribution in [-0.2, 0) is 0 Å². The molecule has 9 nitrogen and oxygen atoms in total. The molecule has 6 aromatic heterocycles. The third-order valence-electron chi connectivity index (χ3n) is 24.5. The quantitative estimate of drug-likeness (QED) is 0.137. The van der Waals surface area contributed by atoms with Gasteiger partial charge in [0, 0.05) is 109 Å². The molecule has 0 aliphatic heterocycles. The summed E-state index contributed by atoms with van der Waals surface area (Å²) in [7, 11) is 0. The number of para-hydroxylation sites is 6. The molecule has 0 saturated heterocycles.